The van der Waals surface area contributed by atoms with Crippen molar-refractivity contribution in [2.24, 2.45) is 0 Å². The predicted octanol–water partition coefficient (Wildman–Crippen LogP) is 27.6. The Morgan fingerprint density at radius 3 is 0.791 bits per heavy atom. The summed E-state index contributed by atoms with van der Waals surface area (Å²) in [6.07, 6.45) is 16.2. The Kier molecular flexibility index (Phi) is 39.7. The van der Waals surface area contributed by atoms with Crippen molar-refractivity contribution in [3.05, 3.63) is 509 Å². The average molecular weight is 1970 g/mol. The number of rotatable bonds is 10. The molecule has 0 aliphatic heterocycles. The van der Waals surface area contributed by atoms with Crippen molar-refractivity contribution in [1.29, 1.82) is 5.26 Å². The second-order valence-corrected chi connectivity index (χ2v) is 33.0. The Morgan fingerprint density at radius 2 is 0.561 bits per heavy atom. The number of nitrogen functional groups attached to an aromatic ring is 2. The van der Waals surface area contributed by atoms with Crippen molar-refractivity contribution < 1.29 is 20.4 Å². The monoisotopic (exact) mass is 1970 g/mol. The molecule has 22 rings (SSSR count). The molecule has 22 aromatic rings. The van der Waals surface area contributed by atoms with Gasteiger partial charge in [-0.1, -0.05) is 262 Å². The van der Waals surface area contributed by atoms with Crippen molar-refractivity contribution in [2.45, 2.75) is 60.0 Å². The molecule has 0 unspecified atom stereocenters. The van der Waals surface area contributed by atoms with Crippen LogP contribution in [0.2, 0.25) is 0 Å². The summed E-state index contributed by atoms with van der Waals surface area (Å²) in [4.78, 5) is 43.6. The van der Waals surface area contributed by atoms with Gasteiger partial charge in [0.15, 0.2) is 11.6 Å². The summed E-state index contributed by atoms with van der Waals surface area (Å²) in [5.41, 5.74) is 30.1. The molecular formula is C118H104BrN19Pd-4. The van der Waals surface area contributed by atoms with Crippen LogP contribution in [0, 0.1) is 35.6 Å². The normalized spacial score (nSPS) is 10.2. The number of imidazole rings is 2. The van der Waals surface area contributed by atoms with Crippen molar-refractivity contribution in [1.82, 2.24) is 78.5 Å². The number of halogens is 1. The Morgan fingerprint density at radius 1 is 0.302 bits per heavy atom. The quantitative estimate of drug-likeness (QED) is 0.0954. The van der Waals surface area contributed by atoms with Gasteiger partial charge in [-0.25, -0.2) is 59.2 Å². The molecule has 19 nitrogen and oxygen atoms in total. The summed E-state index contributed by atoms with van der Waals surface area (Å²) in [6.45, 7) is 12.8. The van der Waals surface area contributed by atoms with Crippen LogP contribution in [-0.4, -0.2) is 78.5 Å². The Balaban J connectivity index is 0.000000158. The minimum Gasteiger partial charge on any atom is -0.368 e. The summed E-state index contributed by atoms with van der Waals surface area (Å²) < 4.78 is 8.42. The van der Waals surface area contributed by atoms with Gasteiger partial charge < -0.3 is 20.6 Å². The number of nitrogens with two attached hydrogens (primary N) is 2. The number of aromatic nitrogens is 16. The number of hydrogen-bond acceptors (Lipinski definition) is 15. The molecule has 0 bridgehead atoms. The van der Waals surface area contributed by atoms with E-state index in [1.54, 1.807) is 59.1 Å². The van der Waals surface area contributed by atoms with Crippen LogP contribution in [0.3, 0.4) is 0 Å². The van der Waals surface area contributed by atoms with E-state index < -0.39 is 0 Å². The smallest absolute Gasteiger partial charge is 0.219 e. The number of anilines is 2. The Labute approximate surface area is 836 Å². The van der Waals surface area contributed by atoms with E-state index in [1.807, 2.05) is 206 Å². The van der Waals surface area contributed by atoms with Crippen LogP contribution >= 0.6 is 15.9 Å². The second-order valence-electron chi connectivity index (χ2n) is 32.1. The van der Waals surface area contributed by atoms with Crippen LogP contribution in [0.4, 0.5) is 11.9 Å². The van der Waals surface area contributed by atoms with Crippen LogP contribution in [0.15, 0.2) is 479 Å². The van der Waals surface area contributed by atoms with Gasteiger partial charge in [-0.05, 0) is 150 Å². The SMILES string of the molecule is C.CC(C)(C)n1c(-c2cc(Br)cnc2-n2cncn2)nc2cc(-c3cnc(N)nc3)ccc21.CC(C)(C)n1c(-c2cc(C#N)cnc2-n2cncn2)nc2cc(-c3cnc(N)nc3)ccc21.[Pd].[c-]1ccccc1.[c-]1ccccc1.[c-]1ccccc1.[c-]1ccccc1.c1ccc(-c2ccccc2)cc1.c1ccc(-c2ccccc2)cc1.c1ccc(-c2ccccc2)cc1.c1ccc(-c2ccccc2)cc1. The third-order valence-electron chi connectivity index (χ3n) is 20.2. The number of benzene rings is 14. The maximum absolute atomic E-state index is 9.51. The Bertz CT molecular complexity index is 6560. The van der Waals surface area contributed by atoms with Crippen LogP contribution in [0.5, 0.6) is 0 Å². The number of nitrogens with zero attached hydrogens (tertiary/aromatic N) is 17. The molecule has 139 heavy (non-hydrogen) atoms. The molecule has 0 aliphatic carbocycles. The van der Waals surface area contributed by atoms with Crippen molar-refractivity contribution in [2.75, 3.05) is 11.5 Å². The summed E-state index contributed by atoms with van der Waals surface area (Å²) in [6, 6.07) is 151. The van der Waals surface area contributed by atoms with E-state index in [2.05, 4.69) is 347 Å². The maximum Gasteiger partial charge on any atom is 0.219 e. The molecule has 0 spiro atoms. The molecule has 0 radical (unpaired) electrons. The summed E-state index contributed by atoms with van der Waals surface area (Å²) in [5.74, 6) is 3.13. The van der Waals surface area contributed by atoms with E-state index in [1.165, 1.54) is 63.4 Å². The fraction of sp³-hybridized carbons (Fsp3) is 0.0763. The summed E-state index contributed by atoms with van der Waals surface area (Å²) >= 11 is 3.55. The zero-order valence-corrected chi connectivity index (χ0v) is 80.1. The Hall–Kier alpha value is -17.0. The minimum atomic E-state index is -0.307. The van der Waals surface area contributed by atoms with Gasteiger partial charge in [0.1, 0.15) is 43.0 Å². The van der Waals surface area contributed by atoms with Gasteiger partial charge in [0.2, 0.25) is 11.9 Å². The largest absolute Gasteiger partial charge is 0.368 e. The second kappa shape index (κ2) is 53.8. The first-order valence-electron chi connectivity index (χ1n) is 44.1. The summed E-state index contributed by atoms with van der Waals surface area (Å²) in [5, 5.41) is 18.0. The number of hydrogen-bond donors (Lipinski definition) is 2. The number of pyridine rings is 2. The van der Waals surface area contributed by atoms with Gasteiger partial charge in [-0.2, -0.15) is 161 Å². The molecular weight excluding hydrogens is 1870 g/mol. The van der Waals surface area contributed by atoms with E-state index in [0.717, 1.165) is 60.2 Å². The molecule has 0 aliphatic rings. The van der Waals surface area contributed by atoms with E-state index >= 15 is 0 Å². The maximum atomic E-state index is 9.51. The molecule has 14 aromatic carbocycles. The molecule has 8 heterocycles. The molecule has 692 valence electrons. The third-order valence-corrected chi connectivity index (χ3v) is 20.6. The minimum absolute atomic E-state index is 0. The van der Waals surface area contributed by atoms with Crippen LogP contribution in [0.25, 0.3) is 123 Å². The van der Waals surface area contributed by atoms with E-state index in [9.17, 15) is 5.26 Å². The molecule has 8 aromatic heterocycles. The van der Waals surface area contributed by atoms with Gasteiger partial charge in [-0.3, -0.25) is 0 Å². The molecule has 0 amide bonds. The van der Waals surface area contributed by atoms with E-state index in [0.29, 0.717) is 28.6 Å². The molecule has 4 N–H and O–H groups in total. The first-order valence-corrected chi connectivity index (χ1v) is 44.9. The van der Waals surface area contributed by atoms with Crippen molar-refractivity contribution in [3.8, 4) is 107 Å². The fourth-order valence-corrected chi connectivity index (χ4v) is 14.2. The van der Waals surface area contributed by atoms with Crippen molar-refractivity contribution >= 4 is 49.9 Å². The first kappa shape index (κ1) is 103. The van der Waals surface area contributed by atoms with Crippen LogP contribution < -0.4 is 11.5 Å². The van der Waals surface area contributed by atoms with Gasteiger partial charge in [0.25, 0.3) is 0 Å². The van der Waals surface area contributed by atoms with Gasteiger partial charge in [0, 0.05) is 84.3 Å². The topological polar surface area (TPSA) is 250 Å². The first-order chi connectivity index (χ1) is 67.0. The van der Waals surface area contributed by atoms with E-state index in [-0.39, 0.29) is 50.8 Å². The molecule has 0 saturated carbocycles. The third kappa shape index (κ3) is 31.0. The van der Waals surface area contributed by atoms with Crippen LogP contribution in [0.1, 0.15) is 54.5 Å². The van der Waals surface area contributed by atoms with E-state index in [4.69, 9.17) is 21.4 Å². The molecule has 0 saturated heterocycles. The molecule has 0 fully saturated rings. The van der Waals surface area contributed by atoms with Gasteiger partial charge in [0.05, 0.1) is 38.8 Å². The predicted molar refractivity (Wildman–Crippen MR) is 564 cm³/mol. The number of nitriles is 1. The van der Waals surface area contributed by atoms with Gasteiger partial charge >= 0.3 is 0 Å². The van der Waals surface area contributed by atoms with Crippen LogP contribution in [-0.2, 0) is 31.5 Å². The molecule has 21 heteroatoms. The van der Waals surface area contributed by atoms with Gasteiger partial charge in [-0.15, -0.1) is 0 Å². The molecule has 0 atom stereocenters. The average Bonchev–Trinajstić information content (AvgIpc) is 1.60. The summed E-state index contributed by atoms with van der Waals surface area (Å²) in [7, 11) is 0. The standard InChI is InChI=1S/C23H20N10.C22H20BrN9.4C12H10.4C6H5.CH4.Pd/c1-23(2,3)33-19-5-4-15(16-10-28-22(25)29-11-16)7-18(19)31-21(33)17-6-14(8-24)9-27-20(17)32-13-26-12-30-32;1-22(2,3)32-18-5-4-13(14-8-27-21(24)28-9-14)6-17(18)30-20(32)16-7-15(23)10-26-19(16)31-12-25-11-29-31;4*1-3-7-11(8-4-1)12-9-5-2-6-10-12;4*1-2-4-6-5-3-1;;/h4-7,9-13H,1-3H3,(H2,25,28,29);4-12H,1-3H3,(H2,24,27,28);4*1-10H;4*1-5H;1H4;/q;;;;;;4*-1;;. The number of fused-ring (bicyclic) bond motifs is 2. The fourth-order valence-electron chi connectivity index (χ4n) is 13.9. The van der Waals surface area contributed by atoms with Crippen molar-refractivity contribution in [3.63, 3.8) is 0 Å². The zero-order valence-electron chi connectivity index (χ0n) is 77.0. The zero-order chi connectivity index (χ0) is 95.5.